The van der Waals surface area contributed by atoms with E-state index in [9.17, 15) is 4.79 Å². The second kappa shape index (κ2) is 3.56. The van der Waals surface area contributed by atoms with Crippen molar-refractivity contribution in [3.63, 3.8) is 0 Å². The highest BCUT2D eigenvalue weighted by molar-refractivity contribution is 7.22. The van der Waals surface area contributed by atoms with Gasteiger partial charge in [-0.2, -0.15) is 0 Å². The van der Waals surface area contributed by atoms with Crippen molar-refractivity contribution in [3.8, 4) is 0 Å². The lowest BCUT2D eigenvalue weighted by Gasteiger charge is -2.12. The number of benzene rings is 1. The molecule has 3 rings (SSSR count). The summed E-state index contributed by atoms with van der Waals surface area (Å²) >= 11 is 1.57. The van der Waals surface area contributed by atoms with Crippen LogP contribution in [0.25, 0.3) is 10.2 Å². The molecule has 1 aromatic heterocycles. The number of carbonyl (C=O) groups is 1. The molecular weight excluding hydrogens is 220 g/mol. The minimum atomic E-state index is 0.207. The van der Waals surface area contributed by atoms with Crippen LogP contribution in [0.2, 0.25) is 0 Å². The summed E-state index contributed by atoms with van der Waals surface area (Å²) in [6, 6.07) is 7.97. The van der Waals surface area contributed by atoms with Crippen molar-refractivity contribution < 1.29 is 4.79 Å². The minimum absolute atomic E-state index is 0.207. The second-order valence-corrected chi connectivity index (χ2v) is 5.14. The Hall–Kier alpha value is -1.42. The van der Waals surface area contributed by atoms with Gasteiger partial charge in [-0.05, 0) is 25.0 Å². The van der Waals surface area contributed by atoms with Gasteiger partial charge in [0.05, 0.1) is 10.2 Å². The first-order valence-electron chi connectivity index (χ1n) is 5.39. The summed E-state index contributed by atoms with van der Waals surface area (Å²) in [6.45, 7) is 0. The van der Waals surface area contributed by atoms with Crippen molar-refractivity contribution in [2.24, 2.45) is 5.92 Å². The van der Waals surface area contributed by atoms with Gasteiger partial charge in [0, 0.05) is 13.0 Å². The number of carbonyl (C=O) groups excluding carboxylic acids is 1. The number of aromatic nitrogens is 1. The standard InChI is InChI=1S/C12H12N2OS/c1-14(11(15)8-6-7-8)12-13-9-4-2-3-5-10(9)16-12/h2-5,8H,6-7H2,1H3. The Labute approximate surface area is 97.7 Å². The Morgan fingerprint density at radius 3 is 2.88 bits per heavy atom. The van der Waals surface area contributed by atoms with E-state index < -0.39 is 0 Å². The van der Waals surface area contributed by atoms with E-state index in [1.54, 1.807) is 16.2 Å². The molecule has 82 valence electrons. The molecular formula is C12H12N2OS. The molecule has 2 aromatic rings. The van der Waals surface area contributed by atoms with Crippen LogP contribution in [0.5, 0.6) is 0 Å². The second-order valence-electron chi connectivity index (χ2n) is 4.14. The van der Waals surface area contributed by atoms with Gasteiger partial charge in [0.25, 0.3) is 0 Å². The molecule has 0 radical (unpaired) electrons. The Bertz CT molecular complexity index is 512. The fourth-order valence-corrected chi connectivity index (χ4v) is 2.63. The number of thiazole rings is 1. The van der Waals surface area contributed by atoms with Crippen molar-refractivity contribution in [2.45, 2.75) is 12.8 Å². The zero-order valence-corrected chi connectivity index (χ0v) is 9.83. The van der Waals surface area contributed by atoms with Crippen molar-refractivity contribution in [1.82, 2.24) is 4.98 Å². The molecule has 4 heteroatoms. The molecule has 16 heavy (non-hydrogen) atoms. The summed E-state index contributed by atoms with van der Waals surface area (Å²) in [6.07, 6.45) is 2.07. The molecule has 0 spiro atoms. The van der Waals surface area contributed by atoms with E-state index in [-0.39, 0.29) is 11.8 Å². The Balaban J connectivity index is 1.95. The lowest BCUT2D eigenvalue weighted by atomic mass is 10.3. The highest BCUT2D eigenvalue weighted by Gasteiger charge is 2.33. The predicted molar refractivity (Wildman–Crippen MR) is 65.8 cm³/mol. The van der Waals surface area contributed by atoms with E-state index in [0.717, 1.165) is 28.2 Å². The van der Waals surface area contributed by atoms with Crippen molar-refractivity contribution in [2.75, 3.05) is 11.9 Å². The van der Waals surface area contributed by atoms with Crippen LogP contribution in [0.1, 0.15) is 12.8 Å². The van der Waals surface area contributed by atoms with Crippen LogP contribution >= 0.6 is 11.3 Å². The lowest BCUT2D eigenvalue weighted by Crippen LogP contribution is -2.27. The third-order valence-electron chi connectivity index (χ3n) is 2.83. The number of amides is 1. The first-order chi connectivity index (χ1) is 7.75. The fraction of sp³-hybridized carbons (Fsp3) is 0.333. The number of rotatable bonds is 2. The van der Waals surface area contributed by atoms with Gasteiger partial charge in [0.2, 0.25) is 5.91 Å². The average molecular weight is 232 g/mol. The zero-order chi connectivity index (χ0) is 11.1. The van der Waals surface area contributed by atoms with Crippen molar-refractivity contribution >= 4 is 32.6 Å². The molecule has 0 bridgehead atoms. The first kappa shape index (κ1) is 9.78. The van der Waals surface area contributed by atoms with Crippen LogP contribution in [-0.2, 0) is 4.79 Å². The molecule has 0 N–H and O–H groups in total. The largest absolute Gasteiger partial charge is 0.291 e. The van der Waals surface area contributed by atoms with Crippen LogP contribution in [0.4, 0.5) is 5.13 Å². The van der Waals surface area contributed by atoms with Gasteiger partial charge in [-0.25, -0.2) is 4.98 Å². The lowest BCUT2D eigenvalue weighted by molar-refractivity contribution is -0.119. The number of hydrogen-bond donors (Lipinski definition) is 0. The Kier molecular flexibility index (Phi) is 2.17. The predicted octanol–water partition coefficient (Wildman–Crippen LogP) is 2.67. The van der Waals surface area contributed by atoms with Gasteiger partial charge < -0.3 is 0 Å². The molecule has 0 saturated heterocycles. The zero-order valence-electron chi connectivity index (χ0n) is 9.01. The summed E-state index contributed by atoms with van der Waals surface area (Å²) in [5.41, 5.74) is 0.970. The van der Waals surface area contributed by atoms with Gasteiger partial charge in [-0.15, -0.1) is 0 Å². The monoisotopic (exact) mass is 232 g/mol. The van der Waals surface area contributed by atoms with E-state index in [0.29, 0.717) is 0 Å². The maximum atomic E-state index is 11.9. The molecule has 1 heterocycles. The molecule has 1 aromatic carbocycles. The van der Waals surface area contributed by atoms with Crippen LogP contribution in [0.15, 0.2) is 24.3 Å². The topological polar surface area (TPSA) is 33.2 Å². The fourth-order valence-electron chi connectivity index (χ4n) is 1.70. The van der Waals surface area contributed by atoms with Crippen LogP contribution < -0.4 is 4.90 Å². The van der Waals surface area contributed by atoms with Crippen LogP contribution in [0, 0.1) is 5.92 Å². The smallest absolute Gasteiger partial charge is 0.231 e. The van der Waals surface area contributed by atoms with E-state index in [4.69, 9.17) is 0 Å². The maximum absolute atomic E-state index is 11.9. The molecule has 0 atom stereocenters. The van der Waals surface area contributed by atoms with Gasteiger partial charge >= 0.3 is 0 Å². The number of hydrogen-bond acceptors (Lipinski definition) is 3. The van der Waals surface area contributed by atoms with E-state index in [2.05, 4.69) is 4.98 Å². The molecule has 1 fully saturated rings. The summed E-state index contributed by atoms with van der Waals surface area (Å²) in [7, 11) is 1.82. The Morgan fingerprint density at radius 1 is 1.44 bits per heavy atom. The summed E-state index contributed by atoms with van der Waals surface area (Å²) in [4.78, 5) is 18.0. The van der Waals surface area contributed by atoms with Crippen LogP contribution in [0.3, 0.4) is 0 Å². The quantitative estimate of drug-likeness (QED) is 0.797. The molecule has 0 aliphatic heterocycles. The third-order valence-corrected chi connectivity index (χ3v) is 3.94. The van der Waals surface area contributed by atoms with Crippen molar-refractivity contribution in [1.29, 1.82) is 0 Å². The molecule has 3 nitrogen and oxygen atoms in total. The normalized spacial score (nSPS) is 15.3. The van der Waals surface area contributed by atoms with Crippen molar-refractivity contribution in [3.05, 3.63) is 24.3 Å². The average Bonchev–Trinajstić information content (AvgIpc) is 3.06. The SMILES string of the molecule is CN(C(=O)C1CC1)c1nc2ccccc2s1. The number of nitrogens with zero attached hydrogens (tertiary/aromatic N) is 2. The van der Waals surface area contributed by atoms with E-state index in [1.807, 2.05) is 31.3 Å². The molecule has 1 saturated carbocycles. The summed E-state index contributed by atoms with van der Waals surface area (Å²) in [5.74, 6) is 0.455. The van der Waals surface area contributed by atoms with Gasteiger partial charge in [-0.1, -0.05) is 23.5 Å². The van der Waals surface area contributed by atoms with Gasteiger partial charge in [0.1, 0.15) is 0 Å². The molecule has 1 amide bonds. The minimum Gasteiger partial charge on any atom is -0.291 e. The van der Waals surface area contributed by atoms with Gasteiger partial charge in [0.15, 0.2) is 5.13 Å². The summed E-state index contributed by atoms with van der Waals surface area (Å²) in [5, 5.41) is 0.804. The maximum Gasteiger partial charge on any atom is 0.231 e. The highest BCUT2D eigenvalue weighted by atomic mass is 32.1. The number of anilines is 1. The number of fused-ring (bicyclic) bond motifs is 1. The molecule has 0 unspecified atom stereocenters. The third kappa shape index (κ3) is 1.59. The van der Waals surface area contributed by atoms with E-state index >= 15 is 0 Å². The molecule has 1 aliphatic rings. The molecule has 1 aliphatic carbocycles. The van der Waals surface area contributed by atoms with E-state index in [1.165, 1.54) is 0 Å². The van der Waals surface area contributed by atoms with Crippen LogP contribution in [-0.4, -0.2) is 17.9 Å². The highest BCUT2D eigenvalue weighted by Crippen LogP contribution is 2.34. The number of para-hydroxylation sites is 1. The Morgan fingerprint density at radius 2 is 2.19 bits per heavy atom. The van der Waals surface area contributed by atoms with Gasteiger partial charge in [-0.3, -0.25) is 9.69 Å². The first-order valence-corrected chi connectivity index (χ1v) is 6.20. The summed E-state index contributed by atoms with van der Waals surface area (Å²) < 4.78 is 1.13.